The van der Waals surface area contributed by atoms with Gasteiger partial charge in [0.1, 0.15) is 17.2 Å². The average molecular weight is 530 g/mol. The first-order chi connectivity index (χ1) is 19.1. The molecule has 2 saturated heterocycles. The summed E-state index contributed by atoms with van der Waals surface area (Å²) in [5.74, 6) is 4.32. The Morgan fingerprint density at radius 3 is 2.82 bits per heavy atom. The molecule has 0 radical (unpaired) electrons. The number of aryl methyl sites for hydroxylation is 2. The number of anilines is 3. The van der Waals surface area contributed by atoms with Gasteiger partial charge in [0.25, 0.3) is 0 Å². The molecular weight excluding hydrogens is 494 g/mol. The second-order valence-electron chi connectivity index (χ2n) is 10.9. The largest absolute Gasteiger partial charge is 0.477 e. The highest BCUT2D eigenvalue weighted by molar-refractivity contribution is 5.92. The van der Waals surface area contributed by atoms with Crippen molar-refractivity contribution in [2.75, 3.05) is 69.7 Å². The number of aromatic nitrogens is 7. The molecule has 4 aromatic heterocycles. The molecule has 204 valence electrons. The van der Waals surface area contributed by atoms with E-state index in [1.807, 2.05) is 19.3 Å². The third kappa shape index (κ3) is 4.78. The molecule has 12 heteroatoms. The second kappa shape index (κ2) is 10.1. The van der Waals surface area contributed by atoms with Gasteiger partial charge in [0.2, 0.25) is 5.88 Å². The Kier molecular flexibility index (Phi) is 6.28. The van der Waals surface area contributed by atoms with Crippen LogP contribution in [0.2, 0.25) is 0 Å². The van der Waals surface area contributed by atoms with Gasteiger partial charge in [-0.05, 0) is 25.5 Å². The third-order valence-electron chi connectivity index (χ3n) is 8.10. The number of piperazine rings is 1. The van der Waals surface area contributed by atoms with Gasteiger partial charge in [0, 0.05) is 84.3 Å². The molecule has 1 atom stereocenters. The van der Waals surface area contributed by atoms with E-state index in [1.54, 1.807) is 17.1 Å². The van der Waals surface area contributed by atoms with E-state index in [0.717, 1.165) is 67.2 Å². The molecule has 1 N–H and O–H groups in total. The Morgan fingerprint density at radius 1 is 1.03 bits per heavy atom. The van der Waals surface area contributed by atoms with Gasteiger partial charge in [0.15, 0.2) is 11.6 Å². The first-order valence-electron chi connectivity index (χ1n) is 13.9. The van der Waals surface area contributed by atoms with Gasteiger partial charge in [-0.3, -0.25) is 4.68 Å². The molecule has 39 heavy (non-hydrogen) atoms. The van der Waals surface area contributed by atoms with E-state index in [1.165, 1.54) is 26.1 Å². The van der Waals surface area contributed by atoms with E-state index in [4.69, 9.17) is 19.8 Å². The fourth-order valence-corrected chi connectivity index (χ4v) is 5.92. The van der Waals surface area contributed by atoms with Crippen LogP contribution in [0, 0.1) is 5.92 Å². The number of hydrogen-bond donors (Lipinski definition) is 1. The van der Waals surface area contributed by atoms with Crippen LogP contribution in [-0.2, 0) is 13.6 Å². The van der Waals surface area contributed by atoms with Crippen molar-refractivity contribution in [3.8, 4) is 17.3 Å². The van der Waals surface area contributed by atoms with Crippen LogP contribution in [0.25, 0.3) is 22.3 Å². The van der Waals surface area contributed by atoms with E-state index < -0.39 is 0 Å². The van der Waals surface area contributed by atoms with Crippen molar-refractivity contribution in [2.24, 2.45) is 13.0 Å². The SMILES string of the molecule is CN1CCN(CC2CCN(c3nn4c5cc(ncc35)Nc3ccnc(n3)-c3cnn(C)c3OCCC4)C2)CC1. The molecule has 3 aliphatic heterocycles. The number of likely N-dealkylation sites (N-methyl/N-ethyl adjacent to an activating group) is 1. The van der Waals surface area contributed by atoms with Crippen molar-refractivity contribution in [1.82, 2.24) is 44.3 Å². The summed E-state index contributed by atoms with van der Waals surface area (Å²) in [6.45, 7) is 9.17. The van der Waals surface area contributed by atoms with Crippen molar-refractivity contribution >= 4 is 28.4 Å². The summed E-state index contributed by atoms with van der Waals surface area (Å²) in [6, 6.07) is 3.92. The maximum Gasteiger partial charge on any atom is 0.222 e. The number of nitrogens with one attached hydrogen (secondary N) is 1. The van der Waals surface area contributed by atoms with Crippen molar-refractivity contribution in [2.45, 2.75) is 19.4 Å². The fraction of sp³-hybridized carbons (Fsp3) is 0.519. The van der Waals surface area contributed by atoms with Gasteiger partial charge < -0.3 is 24.8 Å². The van der Waals surface area contributed by atoms with Crippen molar-refractivity contribution in [3.05, 3.63) is 30.7 Å². The predicted octanol–water partition coefficient (Wildman–Crippen LogP) is 2.22. The molecule has 4 bridgehead atoms. The van der Waals surface area contributed by atoms with E-state index in [-0.39, 0.29) is 0 Å². The number of ether oxygens (including phenoxy) is 1. The summed E-state index contributed by atoms with van der Waals surface area (Å²) in [5.41, 5.74) is 1.83. The number of fused-ring (bicyclic) bond motifs is 5. The molecule has 12 nitrogen and oxygen atoms in total. The Morgan fingerprint density at radius 2 is 1.92 bits per heavy atom. The zero-order valence-electron chi connectivity index (χ0n) is 22.6. The monoisotopic (exact) mass is 529 g/mol. The minimum absolute atomic E-state index is 0.538. The molecular formula is C27H35N11O. The van der Waals surface area contributed by atoms with Crippen molar-refractivity contribution < 1.29 is 4.74 Å². The van der Waals surface area contributed by atoms with Gasteiger partial charge in [-0.1, -0.05) is 0 Å². The van der Waals surface area contributed by atoms with Crippen molar-refractivity contribution in [3.63, 3.8) is 0 Å². The van der Waals surface area contributed by atoms with Gasteiger partial charge in [-0.25, -0.2) is 19.6 Å². The van der Waals surface area contributed by atoms with Crippen LogP contribution in [0.15, 0.2) is 30.7 Å². The Labute approximate surface area is 227 Å². The highest BCUT2D eigenvalue weighted by atomic mass is 16.5. The first kappa shape index (κ1) is 24.3. The van der Waals surface area contributed by atoms with Crippen LogP contribution in [0.5, 0.6) is 5.88 Å². The van der Waals surface area contributed by atoms with Crippen LogP contribution in [0.1, 0.15) is 12.8 Å². The average Bonchev–Trinajstić information content (AvgIpc) is 3.65. The predicted molar refractivity (Wildman–Crippen MR) is 149 cm³/mol. The summed E-state index contributed by atoms with van der Waals surface area (Å²) < 4.78 is 10.0. The summed E-state index contributed by atoms with van der Waals surface area (Å²) in [5, 5.41) is 14.0. The van der Waals surface area contributed by atoms with E-state index in [2.05, 4.69) is 47.9 Å². The molecule has 0 saturated carbocycles. The molecule has 0 amide bonds. The molecule has 0 spiro atoms. The second-order valence-corrected chi connectivity index (χ2v) is 10.9. The van der Waals surface area contributed by atoms with E-state index in [0.29, 0.717) is 30.0 Å². The zero-order chi connectivity index (χ0) is 26.3. The number of pyridine rings is 1. The summed E-state index contributed by atoms with van der Waals surface area (Å²) in [4.78, 5) is 21.4. The van der Waals surface area contributed by atoms with Crippen LogP contribution < -0.4 is 15.0 Å². The Bertz CT molecular complexity index is 1470. The lowest BCUT2D eigenvalue weighted by Gasteiger charge is -2.33. The van der Waals surface area contributed by atoms with Crippen LogP contribution >= 0.6 is 0 Å². The van der Waals surface area contributed by atoms with Gasteiger partial charge in [-0.15, -0.1) is 0 Å². The first-order valence-corrected chi connectivity index (χ1v) is 13.9. The van der Waals surface area contributed by atoms with E-state index >= 15 is 0 Å². The summed E-state index contributed by atoms with van der Waals surface area (Å²) in [6.07, 6.45) is 7.44. The van der Waals surface area contributed by atoms with Crippen molar-refractivity contribution in [1.29, 1.82) is 0 Å². The molecule has 7 rings (SSSR count). The molecule has 7 heterocycles. The lowest BCUT2D eigenvalue weighted by Crippen LogP contribution is -2.46. The lowest BCUT2D eigenvalue weighted by atomic mass is 10.1. The number of nitrogens with zero attached hydrogens (tertiary/aromatic N) is 10. The molecule has 4 aromatic rings. The maximum absolute atomic E-state index is 6.18. The smallest absolute Gasteiger partial charge is 0.222 e. The fourth-order valence-electron chi connectivity index (χ4n) is 5.92. The lowest BCUT2D eigenvalue weighted by molar-refractivity contribution is 0.139. The number of rotatable bonds is 3. The van der Waals surface area contributed by atoms with Crippen LogP contribution in [0.3, 0.4) is 0 Å². The Hall–Kier alpha value is -3.77. The zero-order valence-corrected chi connectivity index (χ0v) is 22.6. The molecule has 0 aliphatic carbocycles. The molecule has 1 unspecified atom stereocenters. The number of hydrogen-bond acceptors (Lipinski definition) is 10. The minimum Gasteiger partial charge on any atom is -0.477 e. The maximum atomic E-state index is 6.18. The van der Waals surface area contributed by atoms with E-state index in [9.17, 15) is 0 Å². The molecule has 2 fully saturated rings. The standard InChI is InChI=1S/C27H35N11O/c1-34-9-11-36(12-10-34)17-19-5-8-37(18-19)26-20-15-29-24-14-22(20)38(33-26)7-3-13-39-27-21(16-30-35(27)2)25-28-6-4-23(31-24)32-25/h4,6,14-16,19H,3,5,7-13,17-18H2,1-2H3,(H,28,29,31,32). The highest BCUT2D eigenvalue weighted by Crippen LogP contribution is 2.33. The highest BCUT2D eigenvalue weighted by Gasteiger charge is 2.29. The topological polar surface area (TPSA) is 105 Å². The van der Waals surface area contributed by atoms with Gasteiger partial charge in [-0.2, -0.15) is 10.2 Å². The van der Waals surface area contributed by atoms with Crippen LogP contribution in [0.4, 0.5) is 17.5 Å². The van der Waals surface area contributed by atoms with Crippen LogP contribution in [-0.4, -0.2) is 104 Å². The molecule has 3 aliphatic rings. The van der Waals surface area contributed by atoms with Gasteiger partial charge in [0.05, 0.1) is 23.7 Å². The van der Waals surface area contributed by atoms with Gasteiger partial charge >= 0.3 is 0 Å². The Balaban J connectivity index is 1.16. The quantitative estimate of drug-likeness (QED) is 0.425. The normalized spacial score (nSPS) is 20.6. The third-order valence-corrected chi connectivity index (χ3v) is 8.10. The summed E-state index contributed by atoms with van der Waals surface area (Å²) in [7, 11) is 4.08. The molecule has 0 aromatic carbocycles. The minimum atomic E-state index is 0.538. The summed E-state index contributed by atoms with van der Waals surface area (Å²) >= 11 is 0.